The molecule has 1 aromatic rings. The lowest BCUT2D eigenvalue weighted by molar-refractivity contribution is -0.350. The van der Waals surface area contributed by atoms with Crippen LogP contribution in [0, 0.1) is 23.3 Å². The van der Waals surface area contributed by atoms with E-state index in [1.807, 2.05) is 0 Å². The molecule has 0 bridgehead atoms. The Hall–Kier alpha value is -1.64. The molecule has 15 heteroatoms. The predicted molar refractivity (Wildman–Crippen MR) is 51.0 cm³/mol. The lowest BCUT2D eigenvalue weighted by atomic mass is 9.93. The van der Waals surface area contributed by atoms with E-state index in [2.05, 4.69) is 0 Å². The summed E-state index contributed by atoms with van der Waals surface area (Å²) in [7, 11) is -6.59. The Morgan fingerprint density at radius 2 is 1.00 bits per heavy atom. The van der Waals surface area contributed by atoms with E-state index in [-0.39, 0.29) is 0 Å². The van der Waals surface area contributed by atoms with Gasteiger partial charge in [-0.2, -0.15) is 34.8 Å². The van der Waals surface area contributed by atoms with Gasteiger partial charge in [0.25, 0.3) is 10.1 Å². The van der Waals surface area contributed by atoms with Crippen molar-refractivity contribution >= 4 is 10.1 Å². The molecule has 0 radical (unpaired) electrons. The molecule has 3 nitrogen and oxygen atoms in total. The average Bonchev–Trinajstić information content (AvgIpc) is 2.35. The number of halogens is 11. The molecule has 0 aliphatic carbocycles. The molecule has 0 aromatic heterocycles. The van der Waals surface area contributed by atoms with E-state index in [0.717, 1.165) is 0 Å². The molecule has 0 heterocycles. The fraction of sp³-hybridized carbons (Fsp3) is 0.333. The first-order chi connectivity index (χ1) is 10.4. The van der Waals surface area contributed by atoms with Crippen LogP contribution in [0.3, 0.4) is 0 Å². The summed E-state index contributed by atoms with van der Waals surface area (Å²) in [6.07, 6.45) is -14.4. The molecule has 1 aromatic carbocycles. The van der Waals surface area contributed by atoms with Crippen molar-refractivity contribution in [2.45, 2.75) is 22.9 Å². The Bertz CT molecular complexity index is 764. The van der Waals surface area contributed by atoms with Crippen LogP contribution in [0.2, 0.25) is 0 Å². The van der Waals surface area contributed by atoms with Crippen molar-refractivity contribution in [3.05, 3.63) is 28.8 Å². The van der Waals surface area contributed by atoms with Crippen LogP contribution in [0.1, 0.15) is 5.56 Å². The Morgan fingerprint density at radius 3 is 1.29 bits per heavy atom. The molecule has 1 N–H and O–H groups in total. The normalized spacial score (nSPS) is 14.2. The van der Waals surface area contributed by atoms with Gasteiger partial charge in [0.15, 0.2) is 23.3 Å². The third kappa shape index (κ3) is 2.78. The number of benzene rings is 1. The molecule has 138 valence electrons. The fourth-order valence-corrected chi connectivity index (χ4v) is 2.41. The largest absolute Gasteiger partial charge is 0.436 e. The van der Waals surface area contributed by atoms with Gasteiger partial charge >= 0.3 is 18.0 Å². The van der Waals surface area contributed by atoms with E-state index in [1.54, 1.807) is 0 Å². The second kappa shape index (κ2) is 5.44. The van der Waals surface area contributed by atoms with Gasteiger partial charge in [0.1, 0.15) is 4.90 Å². The molecule has 0 atom stereocenters. The second-order valence-electron chi connectivity index (χ2n) is 4.09. The monoisotopic (exact) mass is 398 g/mol. The first-order valence-electron chi connectivity index (χ1n) is 5.05. The van der Waals surface area contributed by atoms with Gasteiger partial charge in [-0.3, -0.25) is 4.55 Å². The Kier molecular flexibility index (Phi) is 4.62. The van der Waals surface area contributed by atoms with Crippen LogP contribution in [-0.2, 0) is 15.8 Å². The minimum atomic E-state index is -7.19. The summed E-state index contributed by atoms with van der Waals surface area (Å²) in [5, 5.41) is 0. The third-order valence-electron chi connectivity index (χ3n) is 2.61. The molecule has 0 aliphatic rings. The molecule has 1 rings (SSSR count). The summed E-state index contributed by atoms with van der Waals surface area (Å²) >= 11 is 0. The lowest BCUT2D eigenvalue weighted by Crippen LogP contribution is -2.52. The number of hydrogen-bond donors (Lipinski definition) is 1. The Morgan fingerprint density at radius 1 is 0.667 bits per heavy atom. The van der Waals surface area contributed by atoms with Gasteiger partial charge in [0.05, 0.1) is 5.56 Å². The smallest absolute Gasteiger partial charge is 0.282 e. The zero-order valence-electron chi connectivity index (χ0n) is 10.3. The summed E-state index contributed by atoms with van der Waals surface area (Å²) in [6.45, 7) is 0. The molecule has 0 fully saturated rings. The van der Waals surface area contributed by atoms with Crippen LogP contribution < -0.4 is 0 Å². The maximum absolute atomic E-state index is 13.8. The van der Waals surface area contributed by atoms with Crippen molar-refractivity contribution in [2.24, 2.45) is 0 Å². The lowest BCUT2D eigenvalue weighted by Gasteiger charge is -2.31. The summed E-state index contributed by atoms with van der Waals surface area (Å²) in [6, 6.07) is 0. The van der Waals surface area contributed by atoms with E-state index in [1.165, 1.54) is 0 Å². The van der Waals surface area contributed by atoms with Gasteiger partial charge in [-0.15, -0.1) is 0 Å². The van der Waals surface area contributed by atoms with Crippen molar-refractivity contribution in [3.63, 3.8) is 0 Å². The van der Waals surface area contributed by atoms with Crippen LogP contribution in [-0.4, -0.2) is 25.3 Å². The second-order valence-corrected chi connectivity index (χ2v) is 5.45. The summed E-state index contributed by atoms with van der Waals surface area (Å²) in [4.78, 5) is -3.38. The fourth-order valence-electron chi connectivity index (χ4n) is 1.61. The van der Waals surface area contributed by atoms with E-state index >= 15 is 0 Å². The molecule has 0 aliphatic heterocycles. The molecule has 0 saturated carbocycles. The standard InChI is InChI=1S/C9HF11O3S/c10-2-1(7(14,8(15,16)17)9(18,19)20)6(24(21,22)23)5(13)4(12)3(2)11/h(H,21,22,23). The van der Waals surface area contributed by atoms with Crippen molar-refractivity contribution in [1.29, 1.82) is 0 Å². The van der Waals surface area contributed by atoms with E-state index in [0.29, 0.717) is 0 Å². The highest BCUT2D eigenvalue weighted by molar-refractivity contribution is 7.85. The maximum Gasteiger partial charge on any atom is 0.436 e. The van der Waals surface area contributed by atoms with Gasteiger partial charge in [0.2, 0.25) is 0 Å². The van der Waals surface area contributed by atoms with Gasteiger partial charge in [-0.05, 0) is 0 Å². The summed E-state index contributed by atoms with van der Waals surface area (Å²) < 4.78 is 171. The zero-order chi connectivity index (χ0) is 19.5. The summed E-state index contributed by atoms with van der Waals surface area (Å²) in [5.74, 6) is -13.6. The molecule has 0 amide bonds. The highest BCUT2D eigenvalue weighted by Crippen LogP contribution is 2.55. The van der Waals surface area contributed by atoms with Crippen LogP contribution in [0.15, 0.2) is 4.90 Å². The molecule has 24 heavy (non-hydrogen) atoms. The Balaban J connectivity index is 4.30. The van der Waals surface area contributed by atoms with Crippen molar-refractivity contribution in [3.8, 4) is 0 Å². The van der Waals surface area contributed by atoms with E-state index in [4.69, 9.17) is 4.55 Å². The quantitative estimate of drug-likeness (QED) is 0.357. The van der Waals surface area contributed by atoms with Crippen molar-refractivity contribution in [1.82, 2.24) is 0 Å². The average molecular weight is 398 g/mol. The highest BCUT2D eigenvalue weighted by atomic mass is 32.2. The van der Waals surface area contributed by atoms with Crippen LogP contribution in [0.5, 0.6) is 0 Å². The molecular formula is C9HF11O3S. The molecule has 0 saturated heterocycles. The SMILES string of the molecule is O=S(=O)(O)c1c(F)c(F)c(F)c(F)c1C(F)(C(F)(F)F)C(F)(F)F. The maximum atomic E-state index is 13.8. The van der Waals surface area contributed by atoms with Crippen molar-refractivity contribution < 1.29 is 61.3 Å². The van der Waals surface area contributed by atoms with E-state index < -0.39 is 61.9 Å². The molecule has 0 spiro atoms. The van der Waals surface area contributed by atoms with Gasteiger partial charge in [0, 0.05) is 0 Å². The van der Waals surface area contributed by atoms with Crippen LogP contribution in [0.25, 0.3) is 0 Å². The first kappa shape index (κ1) is 20.4. The molecule has 0 unspecified atom stereocenters. The topological polar surface area (TPSA) is 54.4 Å². The molecular weight excluding hydrogens is 397 g/mol. The number of hydrogen-bond acceptors (Lipinski definition) is 2. The third-order valence-corrected chi connectivity index (χ3v) is 3.51. The minimum absolute atomic E-state index is 3.18. The summed E-state index contributed by atoms with van der Waals surface area (Å²) in [5.41, 5.74) is -10.8. The number of alkyl halides is 7. The predicted octanol–water partition coefficient (Wildman–Crippen LogP) is 3.78. The number of rotatable bonds is 2. The zero-order valence-corrected chi connectivity index (χ0v) is 11.1. The van der Waals surface area contributed by atoms with E-state index in [9.17, 15) is 56.7 Å². The minimum Gasteiger partial charge on any atom is -0.282 e. The van der Waals surface area contributed by atoms with Crippen LogP contribution in [0.4, 0.5) is 48.3 Å². The van der Waals surface area contributed by atoms with Gasteiger partial charge in [-0.1, -0.05) is 0 Å². The van der Waals surface area contributed by atoms with Gasteiger partial charge < -0.3 is 0 Å². The van der Waals surface area contributed by atoms with Crippen LogP contribution >= 0.6 is 0 Å². The van der Waals surface area contributed by atoms with Gasteiger partial charge in [-0.25, -0.2) is 22.0 Å². The highest BCUT2D eigenvalue weighted by Gasteiger charge is 2.76. The Labute approximate surface area is 124 Å². The van der Waals surface area contributed by atoms with Crippen molar-refractivity contribution in [2.75, 3.05) is 0 Å². The first-order valence-corrected chi connectivity index (χ1v) is 6.49.